The average molecular weight is 264 g/mol. The van der Waals surface area contributed by atoms with Gasteiger partial charge in [-0.15, -0.1) is 0 Å². The molecule has 1 unspecified atom stereocenters. The molecule has 2 aliphatic carbocycles. The lowest BCUT2D eigenvalue weighted by molar-refractivity contribution is -0.0916. The minimum atomic E-state index is 0.0741. The predicted octanol–water partition coefficient (Wildman–Crippen LogP) is 5.04. The predicted molar refractivity (Wildman–Crippen MR) is 80.1 cm³/mol. The third-order valence-corrected chi connectivity index (χ3v) is 7.63. The Hall–Kier alpha value is -0.0400. The molecule has 3 fully saturated rings. The van der Waals surface area contributed by atoms with Crippen molar-refractivity contribution in [3.8, 4) is 0 Å². The van der Waals surface area contributed by atoms with Crippen molar-refractivity contribution in [3.05, 3.63) is 0 Å². The quantitative estimate of drug-likeness (QED) is 0.595. The first-order chi connectivity index (χ1) is 8.56. The van der Waals surface area contributed by atoms with E-state index in [1.165, 1.54) is 25.7 Å². The van der Waals surface area contributed by atoms with Gasteiger partial charge in [-0.25, -0.2) is 0 Å². The molecule has 1 heteroatoms. The molecule has 110 valence electrons. The summed E-state index contributed by atoms with van der Waals surface area (Å²) in [6.07, 6.45) is 5.82. The lowest BCUT2D eigenvalue weighted by atomic mass is 9.53. The maximum absolute atomic E-state index is 6.53. The van der Waals surface area contributed by atoms with Crippen molar-refractivity contribution >= 4 is 0 Å². The Labute approximate surface area is 119 Å². The van der Waals surface area contributed by atoms with Gasteiger partial charge < -0.3 is 4.74 Å². The Morgan fingerprint density at radius 1 is 0.947 bits per heavy atom. The van der Waals surface area contributed by atoms with Crippen LogP contribution in [0.1, 0.15) is 74.1 Å². The minimum absolute atomic E-state index is 0.0741. The molecule has 0 aromatic heterocycles. The highest BCUT2D eigenvalue weighted by atomic mass is 16.5. The first-order valence-corrected chi connectivity index (χ1v) is 8.23. The molecule has 0 bridgehead atoms. The van der Waals surface area contributed by atoms with E-state index in [0.717, 1.165) is 11.8 Å². The summed E-state index contributed by atoms with van der Waals surface area (Å²) < 4.78 is 6.53. The van der Waals surface area contributed by atoms with Crippen LogP contribution in [0.15, 0.2) is 0 Å². The van der Waals surface area contributed by atoms with Crippen molar-refractivity contribution in [2.75, 3.05) is 0 Å². The Balaban J connectivity index is 2.16. The number of rotatable bonds is 0. The lowest BCUT2D eigenvalue weighted by Gasteiger charge is -2.50. The third-order valence-electron chi connectivity index (χ3n) is 7.63. The SMILES string of the molecule is C[C@H]1C(C)(C)[C@H]2CCC[C@H]3OC(C)(C)CC23C1(C)C. The summed E-state index contributed by atoms with van der Waals surface area (Å²) in [6, 6.07) is 0. The fraction of sp³-hybridized carbons (Fsp3) is 1.00. The van der Waals surface area contributed by atoms with Gasteiger partial charge in [0.2, 0.25) is 0 Å². The van der Waals surface area contributed by atoms with Gasteiger partial charge >= 0.3 is 0 Å². The van der Waals surface area contributed by atoms with Crippen LogP contribution in [0, 0.1) is 28.1 Å². The Kier molecular flexibility index (Phi) is 2.63. The van der Waals surface area contributed by atoms with E-state index in [0.29, 0.717) is 22.3 Å². The van der Waals surface area contributed by atoms with E-state index in [4.69, 9.17) is 4.74 Å². The molecule has 1 saturated heterocycles. The van der Waals surface area contributed by atoms with Crippen molar-refractivity contribution in [1.82, 2.24) is 0 Å². The number of ether oxygens (including phenoxy) is 1. The van der Waals surface area contributed by atoms with Gasteiger partial charge in [-0.3, -0.25) is 0 Å². The van der Waals surface area contributed by atoms with Crippen LogP contribution in [0.4, 0.5) is 0 Å². The highest BCUT2D eigenvalue weighted by molar-refractivity contribution is 5.20. The van der Waals surface area contributed by atoms with Crippen LogP contribution in [0.2, 0.25) is 0 Å². The average Bonchev–Trinajstić information content (AvgIpc) is 2.62. The molecule has 0 aromatic rings. The molecule has 1 aliphatic heterocycles. The smallest absolute Gasteiger partial charge is 0.0647 e. The summed E-state index contributed by atoms with van der Waals surface area (Å²) in [6.45, 7) is 17.2. The zero-order chi connectivity index (χ0) is 14.3. The molecule has 3 rings (SSSR count). The second-order valence-corrected chi connectivity index (χ2v) is 9.33. The van der Waals surface area contributed by atoms with Gasteiger partial charge in [-0.1, -0.05) is 41.0 Å². The Morgan fingerprint density at radius 2 is 1.58 bits per heavy atom. The van der Waals surface area contributed by atoms with Crippen LogP contribution in [0.5, 0.6) is 0 Å². The highest BCUT2D eigenvalue weighted by Crippen LogP contribution is 2.75. The second-order valence-electron chi connectivity index (χ2n) is 9.33. The van der Waals surface area contributed by atoms with Gasteiger partial charge in [0.05, 0.1) is 11.7 Å². The van der Waals surface area contributed by atoms with Gasteiger partial charge in [-0.2, -0.15) is 0 Å². The van der Waals surface area contributed by atoms with Gasteiger partial charge in [0.15, 0.2) is 0 Å². The summed E-state index contributed by atoms with van der Waals surface area (Å²) in [5.74, 6) is 1.61. The van der Waals surface area contributed by atoms with Gasteiger partial charge in [-0.05, 0) is 55.8 Å². The van der Waals surface area contributed by atoms with Crippen LogP contribution in [0.25, 0.3) is 0 Å². The Bertz CT molecular complexity index is 392. The van der Waals surface area contributed by atoms with E-state index in [2.05, 4.69) is 48.5 Å². The van der Waals surface area contributed by atoms with Crippen molar-refractivity contribution in [2.45, 2.75) is 85.9 Å². The molecule has 1 spiro atoms. The Morgan fingerprint density at radius 3 is 2.21 bits per heavy atom. The molecular weight excluding hydrogens is 232 g/mol. The van der Waals surface area contributed by atoms with E-state index in [9.17, 15) is 0 Å². The molecule has 19 heavy (non-hydrogen) atoms. The van der Waals surface area contributed by atoms with Crippen molar-refractivity contribution < 1.29 is 4.74 Å². The summed E-state index contributed by atoms with van der Waals surface area (Å²) in [7, 11) is 0. The first-order valence-electron chi connectivity index (χ1n) is 8.23. The van der Waals surface area contributed by atoms with E-state index in [-0.39, 0.29) is 5.60 Å². The molecular formula is C18H32O. The summed E-state index contributed by atoms with van der Waals surface area (Å²) in [4.78, 5) is 0. The summed E-state index contributed by atoms with van der Waals surface area (Å²) >= 11 is 0. The normalized spacial score (nSPS) is 49.7. The fourth-order valence-electron chi connectivity index (χ4n) is 6.54. The summed E-state index contributed by atoms with van der Waals surface area (Å²) in [5.41, 5.74) is 1.33. The van der Waals surface area contributed by atoms with E-state index in [1.54, 1.807) is 0 Å². The first kappa shape index (κ1) is 13.9. The maximum atomic E-state index is 6.53. The largest absolute Gasteiger partial charge is 0.372 e. The molecule has 0 N–H and O–H groups in total. The third kappa shape index (κ3) is 1.46. The molecule has 0 amide bonds. The van der Waals surface area contributed by atoms with Gasteiger partial charge in [0.25, 0.3) is 0 Å². The van der Waals surface area contributed by atoms with Crippen LogP contribution in [0.3, 0.4) is 0 Å². The molecule has 2 saturated carbocycles. The van der Waals surface area contributed by atoms with Crippen LogP contribution < -0.4 is 0 Å². The molecule has 3 aliphatic rings. The van der Waals surface area contributed by atoms with Crippen molar-refractivity contribution in [3.63, 3.8) is 0 Å². The molecule has 1 nitrogen and oxygen atoms in total. The van der Waals surface area contributed by atoms with Crippen LogP contribution >= 0.6 is 0 Å². The monoisotopic (exact) mass is 264 g/mol. The van der Waals surface area contributed by atoms with Crippen molar-refractivity contribution in [2.24, 2.45) is 28.1 Å². The number of hydrogen-bond donors (Lipinski definition) is 0. The fourth-order valence-corrected chi connectivity index (χ4v) is 6.54. The highest BCUT2D eigenvalue weighted by Gasteiger charge is 2.73. The molecule has 0 radical (unpaired) electrons. The van der Waals surface area contributed by atoms with E-state index < -0.39 is 0 Å². The van der Waals surface area contributed by atoms with Gasteiger partial charge in [0.1, 0.15) is 0 Å². The molecule has 0 aromatic carbocycles. The second kappa shape index (κ2) is 3.59. The molecule has 1 heterocycles. The number of hydrogen-bond acceptors (Lipinski definition) is 1. The zero-order valence-corrected chi connectivity index (χ0v) is 14.0. The van der Waals surface area contributed by atoms with Crippen LogP contribution in [-0.4, -0.2) is 11.7 Å². The van der Waals surface area contributed by atoms with E-state index in [1.807, 2.05) is 0 Å². The van der Waals surface area contributed by atoms with Crippen molar-refractivity contribution in [1.29, 1.82) is 0 Å². The minimum Gasteiger partial charge on any atom is -0.372 e. The van der Waals surface area contributed by atoms with E-state index >= 15 is 0 Å². The standard InChI is InChI=1S/C18H32O/c1-12-16(4,5)13-9-8-10-14-18(13,17(12,6)7)11-15(2,3)19-14/h12-14H,8-11H2,1-7H3/t12-,13+,14+,18?/m0/s1. The maximum Gasteiger partial charge on any atom is 0.0647 e. The lowest BCUT2D eigenvalue weighted by Crippen LogP contribution is -2.48. The van der Waals surface area contributed by atoms with Gasteiger partial charge in [0, 0.05) is 5.41 Å². The topological polar surface area (TPSA) is 9.23 Å². The zero-order valence-electron chi connectivity index (χ0n) is 14.0. The van der Waals surface area contributed by atoms with Crippen LogP contribution in [-0.2, 0) is 4.74 Å². The summed E-state index contributed by atoms with van der Waals surface area (Å²) in [5, 5.41) is 0. The molecule has 4 atom stereocenters.